The van der Waals surface area contributed by atoms with Gasteiger partial charge in [0.1, 0.15) is 13.2 Å². The zero-order valence-corrected chi connectivity index (χ0v) is 10.8. The van der Waals surface area contributed by atoms with E-state index >= 15 is 0 Å². The molecule has 1 unspecified atom stereocenters. The summed E-state index contributed by atoms with van der Waals surface area (Å²) in [5.41, 5.74) is 1.41. The first-order valence-corrected chi connectivity index (χ1v) is 7.30. The Morgan fingerprint density at radius 1 is 1.29 bits per heavy atom. The van der Waals surface area contributed by atoms with Gasteiger partial charge in [0, 0.05) is 6.54 Å². The van der Waals surface area contributed by atoms with Crippen LogP contribution in [-0.2, 0) is 0 Å². The van der Waals surface area contributed by atoms with Crippen LogP contribution >= 0.6 is 11.8 Å². The molecule has 1 aromatic rings. The molecule has 1 atom stereocenters. The lowest BCUT2D eigenvalue weighted by Gasteiger charge is -2.24. The highest BCUT2D eigenvalue weighted by Crippen LogP contribution is 2.44. The highest BCUT2D eigenvalue weighted by atomic mass is 32.2. The van der Waals surface area contributed by atoms with Gasteiger partial charge >= 0.3 is 0 Å². The predicted octanol–water partition coefficient (Wildman–Crippen LogP) is 2.26. The summed E-state index contributed by atoms with van der Waals surface area (Å²) in [6.45, 7) is 3.51. The number of hydrogen-bond acceptors (Lipinski definition) is 4. The maximum Gasteiger partial charge on any atom is 0.175 e. The molecule has 2 heterocycles. The van der Waals surface area contributed by atoms with Gasteiger partial charge < -0.3 is 14.8 Å². The summed E-state index contributed by atoms with van der Waals surface area (Å²) in [6, 6.07) is 4.26. The summed E-state index contributed by atoms with van der Waals surface area (Å²) in [7, 11) is 0. The monoisotopic (exact) mass is 251 g/mol. The number of benzene rings is 1. The number of fused-ring (bicyclic) bond motifs is 1. The molecule has 0 amide bonds. The molecular formula is C13H17NO2S. The average Bonchev–Trinajstić information content (AvgIpc) is 2.91. The third-order valence-corrected chi connectivity index (χ3v) is 4.23. The predicted molar refractivity (Wildman–Crippen MR) is 69.4 cm³/mol. The molecule has 1 N–H and O–H groups in total. The molecule has 0 aromatic heterocycles. The average molecular weight is 251 g/mol. The molecule has 1 aromatic carbocycles. The number of nitrogens with one attached hydrogen (secondary N) is 1. The quantitative estimate of drug-likeness (QED) is 0.817. The Morgan fingerprint density at radius 3 is 2.94 bits per heavy atom. The fourth-order valence-electron chi connectivity index (χ4n) is 2.56. The Hall–Kier alpha value is -0.870. The molecule has 2 aliphatic rings. The molecule has 92 valence electrons. The van der Waals surface area contributed by atoms with E-state index < -0.39 is 0 Å². The van der Waals surface area contributed by atoms with Crippen molar-refractivity contribution < 1.29 is 9.47 Å². The third kappa shape index (κ3) is 2.00. The van der Waals surface area contributed by atoms with Crippen LogP contribution in [0.4, 0.5) is 0 Å². The molecule has 1 saturated heterocycles. The number of thioether (sulfide) groups is 1. The number of rotatable bonds is 2. The first-order valence-electron chi connectivity index (χ1n) is 6.07. The SMILES string of the molecule is CSc1c(C2CCNC2)ccc2c1OCCO2. The zero-order chi connectivity index (χ0) is 11.7. The van der Waals surface area contributed by atoms with Crippen LogP contribution in [0.2, 0.25) is 0 Å². The fourth-order valence-corrected chi connectivity index (χ4v) is 3.37. The minimum atomic E-state index is 0.619. The highest BCUT2D eigenvalue weighted by molar-refractivity contribution is 7.98. The second-order valence-corrected chi connectivity index (χ2v) is 5.22. The van der Waals surface area contributed by atoms with Crippen LogP contribution in [0.15, 0.2) is 17.0 Å². The van der Waals surface area contributed by atoms with E-state index in [1.165, 1.54) is 16.9 Å². The van der Waals surface area contributed by atoms with E-state index in [1.54, 1.807) is 11.8 Å². The van der Waals surface area contributed by atoms with E-state index in [2.05, 4.69) is 23.7 Å². The molecule has 3 rings (SSSR count). The zero-order valence-electron chi connectivity index (χ0n) is 9.99. The van der Waals surface area contributed by atoms with Gasteiger partial charge in [-0.05, 0) is 36.8 Å². The molecule has 0 aliphatic carbocycles. The fraction of sp³-hybridized carbons (Fsp3) is 0.538. The number of hydrogen-bond donors (Lipinski definition) is 1. The molecule has 1 fully saturated rings. The van der Waals surface area contributed by atoms with E-state index in [4.69, 9.17) is 9.47 Å². The first kappa shape index (κ1) is 11.2. The van der Waals surface area contributed by atoms with Gasteiger partial charge in [0.05, 0.1) is 4.90 Å². The van der Waals surface area contributed by atoms with Gasteiger partial charge in [0.15, 0.2) is 11.5 Å². The summed E-state index contributed by atoms with van der Waals surface area (Å²) in [5.74, 6) is 2.47. The van der Waals surface area contributed by atoms with E-state index in [0.717, 1.165) is 24.6 Å². The van der Waals surface area contributed by atoms with E-state index in [-0.39, 0.29) is 0 Å². The van der Waals surface area contributed by atoms with Crippen molar-refractivity contribution in [2.45, 2.75) is 17.2 Å². The van der Waals surface area contributed by atoms with Gasteiger partial charge in [-0.1, -0.05) is 6.07 Å². The summed E-state index contributed by atoms with van der Waals surface area (Å²) in [4.78, 5) is 1.26. The van der Waals surface area contributed by atoms with Crippen LogP contribution < -0.4 is 14.8 Å². The lowest BCUT2D eigenvalue weighted by molar-refractivity contribution is 0.167. The Labute approximate surface area is 106 Å². The third-order valence-electron chi connectivity index (χ3n) is 3.40. The Morgan fingerprint density at radius 2 is 2.18 bits per heavy atom. The van der Waals surface area contributed by atoms with E-state index in [9.17, 15) is 0 Å². The van der Waals surface area contributed by atoms with Crippen molar-refractivity contribution in [2.24, 2.45) is 0 Å². The second-order valence-electron chi connectivity index (χ2n) is 4.40. The molecular weight excluding hydrogens is 234 g/mol. The Kier molecular flexibility index (Phi) is 3.16. The molecule has 17 heavy (non-hydrogen) atoms. The molecule has 0 bridgehead atoms. The second kappa shape index (κ2) is 4.78. The highest BCUT2D eigenvalue weighted by Gasteiger charge is 2.25. The van der Waals surface area contributed by atoms with Gasteiger partial charge in [-0.15, -0.1) is 11.8 Å². The van der Waals surface area contributed by atoms with Crippen molar-refractivity contribution in [3.05, 3.63) is 17.7 Å². The van der Waals surface area contributed by atoms with Gasteiger partial charge in [-0.25, -0.2) is 0 Å². The Bertz CT molecular complexity index is 416. The van der Waals surface area contributed by atoms with Crippen LogP contribution in [0, 0.1) is 0 Å². The lowest BCUT2D eigenvalue weighted by atomic mass is 9.98. The molecule has 0 radical (unpaired) electrons. The summed E-state index contributed by atoms with van der Waals surface area (Å²) in [6.07, 6.45) is 3.33. The lowest BCUT2D eigenvalue weighted by Crippen LogP contribution is -2.17. The summed E-state index contributed by atoms with van der Waals surface area (Å²) in [5, 5.41) is 3.42. The van der Waals surface area contributed by atoms with Gasteiger partial charge in [-0.2, -0.15) is 0 Å². The van der Waals surface area contributed by atoms with Crippen molar-refractivity contribution in [1.82, 2.24) is 5.32 Å². The van der Waals surface area contributed by atoms with Gasteiger partial charge in [-0.3, -0.25) is 0 Å². The van der Waals surface area contributed by atoms with Crippen molar-refractivity contribution in [1.29, 1.82) is 0 Å². The van der Waals surface area contributed by atoms with Crippen molar-refractivity contribution >= 4 is 11.8 Å². The molecule has 0 spiro atoms. The molecule has 2 aliphatic heterocycles. The maximum atomic E-state index is 5.78. The molecule has 3 nitrogen and oxygen atoms in total. The maximum absolute atomic E-state index is 5.78. The van der Waals surface area contributed by atoms with Crippen LogP contribution in [0.3, 0.4) is 0 Å². The van der Waals surface area contributed by atoms with Crippen LogP contribution in [0.1, 0.15) is 17.9 Å². The van der Waals surface area contributed by atoms with Crippen LogP contribution in [0.5, 0.6) is 11.5 Å². The van der Waals surface area contributed by atoms with E-state index in [1.807, 2.05) is 0 Å². The van der Waals surface area contributed by atoms with Crippen LogP contribution in [0.25, 0.3) is 0 Å². The van der Waals surface area contributed by atoms with E-state index in [0.29, 0.717) is 19.1 Å². The van der Waals surface area contributed by atoms with Crippen molar-refractivity contribution in [3.8, 4) is 11.5 Å². The smallest absolute Gasteiger partial charge is 0.175 e. The van der Waals surface area contributed by atoms with Crippen molar-refractivity contribution in [2.75, 3.05) is 32.6 Å². The standard InChI is InChI=1S/C13H17NO2S/c1-17-13-10(9-4-5-14-8-9)2-3-11-12(13)16-7-6-15-11/h2-3,9,14H,4-8H2,1H3. The number of ether oxygens (including phenoxy) is 2. The summed E-state index contributed by atoms with van der Waals surface area (Å²) >= 11 is 1.76. The minimum Gasteiger partial charge on any atom is -0.486 e. The minimum absolute atomic E-state index is 0.619. The largest absolute Gasteiger partial charge is 0.486 e. The first-order chi connectivity index (χ1) is 8.40. The van der Waals surface area contributed by atoms with Crippen LogP contribution in [-0.4, -0.2) is 32.6 Å². The van der Waals surface area contributed by atoms with Crippen molar-refractivity contribution in [3.63, 3.8) is 0 Å². The summed E-state index contributed by atoms with van der Waals surface area (Å²) < 4.78 is 11.4. The molecule has 0 saturated carbocycles. The molecule has 4 heteroatoms. The Balaban J connectivity index is 2.03. The van der Waals surface area contributed by atoms with Gasteiger partial charge in [0.2, 0.25) is 0 Å². The normalized spacial score (nSPS) is 22.8. The van der Waals surface area contributed by atoms with Gasteiger partial charge in [0.25, 0.3) is 0 Å². The topological polar surface area (TPSA) is 30.5 Å².